The molecule has 0 spiro atoms. The van der Waals surface area contributed by atoms with Gasteiger partial charge in [0.2, 0.25) is 11.7 Å². The lowest BCUT2D eigenvalue weighted by atomic mass is 9.85. The molecule has 126 valence electrons. The summed E-state index contributed by atoms with van der Waals surface area (Å²) in [6, 6.07) is 12.9. The Morgan fingerprint density at radius 2 is 2.00 bits per heavy atom. The number of nitrogens with zero attached hydrogens (tertiary/aromatic N) is 2. The molecule has 0 unspecified atom stereocenters. The average molecular weight is 337 g/mol. The molecule has 0 bridgehead atoms. The van der Waals surface area contributed by atoms with Crippen LogP contribution >= 0.6 is 0 Å². The van der Waals surface area contributed by atoms with Crippen molar-refractivity contribution in [2.75, 3.05) is 5.32 Å². The van der Waals surface area contributed by atoms with Crippen molar-refractivity contribution in [1.29, 1.82) is 0 Å². The topological polar surface area (TPSA) is 68.0 Å². The summed E-state index contributed by atoms with van der Waals surface area (Å²) in [6.45, 7) is 0. The smallest absolute Gasteiger partial charge is 0.255 e. The van der Waals surface area contributed by atoms with Gasteiger partial charge in [0.15, 0.2) is 0 Å². The number of nitrogens with one attached hydrogen (secondary N) is 1. The number of para-hydroxylation sites is 1. The van der Waals surface area contributed by atoms with Gasteiger partial charge in [0, 0.05) is 17.0 Å². The largest absolute Gasteiger partial charge is 0.339 e. The first-order valence-corrected chi connectivity index (χ1v) is 8.20. The monoisotopic (exact) mass is 337 g/mol. The zero-order valence-corrected chi connectivity index (χ0v) is 13.4. The van der Waals surface area contributed by atoms with Crippen LogP contribution in [0.15, 0.2) is 53.1 Å². The summed E-state index contributed by atoms with van der Waals surface area (Å²) < 4.78 is 19.0. The van der Waals surface area contributed by atoms with Crippen molar-refractivity contribution >= 4 is 11.6 Å². The number of rotatable bonds is 4. The van der Waals surface area contributed by atoms with Crippen molar-refractivity contribution in [3.05, 3.63) is 65.8 Å². The molecule has 3 aromatic rings. The maximum absolute atomic E-state index is 13.7. The van der Waals surface area contributed by atoms with E-state index in [0.29, 0.717) is 28.8 Å². The highest BCUT2D eigenvalue weighted by Crippen LogP contribution is 2.36. The lowest BCUT2D eigenvalue weighted by Crippen LogP contribution is -2.13. The number of hydrogen-bond donors (Lipinski definition) is 1. The van der Waals surface area contributed by atoms with Crippen LogP contribution in [0.4, 0.5) is 10.1 Å². The number of halogens is 1. The van der Waals surface area contributed by atoms with Crippen molar-refractivity contribution in [3.63, 3.8) is 0 Å². The van der Waals surface area contributed by atoms with Crippen LogP contribution in [0.5, 0.6) is 0 Å². The highest BCUT2D eigenvalue weighted by molar-refractivity contribution is 6.04. The van der Waals surface area contributed by atoms with E-state index in [2.05, 4.69) is 15.5 Å². The predicted octanol–water partition coefficient (Wildman–Crippen LogP) is 4.40. The minimum Gasteiger partial charge on any atom is -0.339 e. The second-order valence-corrected chi connectivity index (χ2v) is 6.10. The molecule has 1 fully saturated rings. The Kier molecular flexibility index (Phi) is 4.01. The summed E-state index contributed by atoms with van der Waals surface area (Å²) in [7, 11) is 0. The molecule has 0 saturated heterocycles. The first kappa shape index (κ1) is 15.5. The minimum atomic E-state index is -0.477. The van der Waals surface area contributed by atoms with Crippen LogP contribution in [0, 0.1) is 5.82 Å². The van der Waals surface area contributed by atoms with Gasteiger partial charge in [-0.15, -0.1) is 0 Å². The third-order valence-electron chi connectivity index (χ3n) is 4.40. The van der Waals surface area contributed by atoms with Gasteiger partial charge in [-0.2, -0.15) is 4.98 Å². The van der Waals surface area contributed by atoms with Crippen LogP contribution < -0.4 is 5.32 Å². The van der Waals surface area contributed by atoms with Gasteiger partial charge in [-0.05, 0) is 37.1 Å². The molecule has 25 heavy (non-hydrogen) atoms. The Balaban J connectivity index is 1.55. The first-order chi connectivity index (χ1) is 12.2. The molecule has 1 saturated carbocycles. The quantitative estimate of drug-likeness (QED) is 0.766. The summed E-state index contributed by atoms with van der Waals surface area (Å²) >= 11 is 0. The molecular formula is C19H16FN3O2. The molecule has 0 radical (unpaired) electrons. The van der Waals surface area contributed by atoms with E-state index in [0.717, 1.165) is 12.8 Å². The molecule has 0 atom stereocenters. The van der Waals surface area contributed by atoms with Crippen LogP contribution in [-0.4, -0.2) is 16.0 Å². The Hall–Kier alpha value is -3.02. The van der Waals surface area contributed by atoms with Gasteiger partial charge in [0.25, 0.3) is 5.91 Å². The van der Waals surface area contributed by atoms with Crippen LogP contribution in [0.2, 0.25) is 0 Å². The van der Waals surface area contributed by atoms with Crippen molar-refractivity contribution in [2.24, 2.45) is 0 Å². The number of carbonyl (C=O) groups excluding carboxylic acids is 1. The Morgan fingerprint density at radius 3 is 2.76 bits per heavy atom. The maximum atomic E-state index is 13.7. The van der Waals surface area contributed by atoms with Gasteiger partial charge in [0.05, 0.1) is 5.69 Å². The van der Waals surface area contributed by atoms with Gasteiger partial charge in [0.1, 0.15) is 5.82 Å². The molecule has 1 aliphatic carbocycles. The molecule has 5 nitrogen and oxygen atoms in total. The average Bonchev–Trinajstić information content (AvgIpc) is 3.05. The SMILES string of the molecule is O=C(Nc1ccccc1F)c1cccc(-c2noc(C3CCC3)n2)c1. The van der Waals surface area contributed by atoms with Crippen molar-refractivity contribution in [1.82, 2.24) is 10.1 Å². The predicted molar refractivity (Wildman–Crippen MR) is 90.7 cm³/mol. The van der Waals surface area contributed by atoms with Gasteiger partial charge < -0.3 is 9.84 Å². The molecule has 2 aromatic carbocycles. The molecule has 1 amide bonds. The first-order valence-electron chi connectivity index (χ1n) is 8.20. The van der Waals surface area contributed by atoms with Gasteiger partial charge >= 0.3 is 0 Å². The van der Waals surface area contributed by atoms with Crippen molar-refractivity contribution in [2.45, 2.75) is 25.2 Å². The second kappa shape index (κ2) is 6.47. The fourth-order valence-corrected chi connectivity index (χ4v) is 2.73. The van der Waals surface area contributed by atoms with E-state index in [-0.39, 0.29) is 5.69 Å². The fraction of sp³-hybridized carbons (Fsp3) is 0.211. The number of aromatic nitrogens is 2. The van der Waals surface area contributed by atoms with Crippen molar-refractivity contribution < 1.29 is 13.7 Å². The number of benzene rings is 2. The summed E-state index contributed by atoms with van der Waals surface area (Å²) in [5.74, 6) is 0.601. The zero-order chi connectivity index (χ0) is 17.2. The van der Waals surface area contributed by atoms with Crippen LogP contribution in [0.1, 0.15) is 41.4 Å². The summed E-state index contributed by atoms with van der Waals surface area (Å²) in [6.07, 6.45) is 3.34. The third-order valence-corrected chi connectivity index (χ3v) is 4.40. The van der Waals surface area contributed by atoms with E-state index < -0.39 is 11.7 Å². The summed E-state index contributed by atoms with van der Waals surface area (Å²) in [4.78, 5) is 16.8. The second-order valence-electron chi connectivity index (χ2n) is 6.10. The Labute approximate surface area is 143 Å². The Bertz CT molecular complexity index is 918. The molecule has 4 rings (SSSR count). The number of amides is 1. The Morgan fingerprint density at radius 1 is 1.16 bits per heavy atom. The number of anilines is 1. The summed E-state index contributed by atoms with van der Waals surface area (Å²) in [5.41, 5.74) is 1.23. The summed E-state index contributed by atoms with van der Waals surface area (Å²) in [5, 5.41) is 6.58. The molecular weight excluding hydrogens is 321 g/mol. The standard InChI is InChI=1S/C19H16FN3O2/c20-15-9-1-2-10-16(15)21-18(24)14-8-4-7-13(11-14)17-22-19(25-23-17)12-5-3-6-12/h1-2,4,7-12H,3,5-6H2,(H,21,24). The van der Waals surface area contributed by atoms with Crippen LogP contribution in [-0.2, 0) is 0 Å². The highest BCUT2D eigenvalue weighted by Gasteiger charge is 2.25. The van der Waals surface area contributed by atoms with Gasteiger partial charge in [-0.3, -0.25) is 4.79 Å². The van der Waals surface area contributed by atoms with Gasteiger partial charge in [-0.1, -0.05) is 35.8 Å². The third kappa shape index (κ3) is 3.15. The van der Waals surface area contributed by atoms with Crippen LogP contribution in [0.3, 0.4) is 0 Å². The van der Waals surface area contributed by atoms with E-state index in [4.69, 9.17) is 4.52 Å². The molecule has 0 aliphatic heterocycles. The molecule has 1 aromatic heterocycles. The maximum Gasteiger partial charge on any atom is 0.255 e. The van der Waals surface area contributed by atoms with E-state index in [1.54, 1.807) is 30.3 Å². The lowest BCUT2D eigenvalue weighted by Gasteiger charge is -2.20. The highest BCUT2D eigenvalue weighted by atomic mass is 19.1. The molecule has 1 aliphatic rings. The van der Waals surface area contributed by atoms with Crippen molar-refractivity contribution in [3.8, 4) is 11.4 Å². The van der Waals surface area contributed by atoms with E-state index in [9.17, 15) is 9.18 Å². The fourth-order valence-electron chi connectivity index (χ4n) is 2.73. The zero-order valence-electron chi connectivity index (χ0n) is 13.4. The van der Waals surface area contributed by atoms with Crippen LogP contribution in [0.25, 0.3) is 11.4 Å². The number of hydrogen-bond acceptors (Lipinski definition) is 4. The van der Waals surface area contributed by atoms with Gasteiger partial charge in [-0.25, -0.2) is 4.39 Å². The molecule has 1 N–H and O–H groups in total. The lowest BCUT2D eigenvalue weighted by molar-refractivity contribution is 0.102. The number of carbonyl (C=O) groups is 1. The van der Waals surface area contributed by atoms with E-state index in [1.165, 1.54) is 18.6 Å². The van der Waals surface area contributed by atoms with E-state index in [1.807, 2.05) is 6.07 Å². The minimum absolute atomic E-state index is 0.143. The normalized spacial score (nSPS) is 14.1. The molecule has 1 heterocycles. The van der Waals surface area contributed by atoms with E-state index >= 15 is 0 Å². The molecule has 6 heteroatoms.